The van der Waals surface area contributed by atoms with Crippen LogP contribution < -0.4 is 19.1 Å². The van der Waals surface area contributed by atoms with Crippen molar-refractivity contribution in [1.82, 2.24) is 14.9 Å². The molecular weight excluding hydrogens is 424 g/mol. The average molecular weight is 446 g/mol. The molecule has 1 saturated heterocycles. The number of carbonyl (C=O) groups is 2. The highest BCUT2D eigenvalue weighted by Gasteiger charge is 2.66. The summed E-state index contributed by atoms with van der Waals surface area (Å²) in [6, 6.07) is 18.5. The molecular formula is C24H22N4O5. The van der Waals surface area contributed by atoms with Crippen molar-refractivity contribution in [2.45, 2.75) is 11.6 Å². The monoisotopic (exact) mass is 446 g/mol. The van der Waals surface area contributed by atoms with Crippen LogP contribution in [0.15, 0.2) is 60.7 Å². The lowest BCUT2D eigenvalue weighted by atomic mass is 9.69. The van der Waals surface area contributed by atoms with E-state index in [0.717, 1.165) is 11.1 Å². The minimum atomic E-state index is -1.05. The Labute approximate surface area is 190 Å². The van der Waals surface area contributed by atoms with Gasteiger partial charge in [0.2, 0.25) is 23.8 Å². The lowest BCUT2D eigenvalue weighted by molar-refractivity contribution is -0.178. The first kappa shape index (κ1) is 20.7. The van der Waals surface area contributed by atoms with Crippen molar-refractivity contribution in [2.24, 2.45) is 0 Å². The van der Waals surface area contributed by atoms with E-state index in [0.29, 0.717) is 5.69 Å². The minimum Gasteiger partial charge on any atom is -0.481 e. The van der Waals surface area contributed by atoms with Crippen LogP contribution in [0.3, 0.4) is 0 Å². The number of hydrogen-bond donors (Lipinski definition) is 0. The summed E-state index contributed by atoms with van der Waals surface area (Å²) >= 11 is 0. The lowest BCUT2D eigenvalue weighted by Gasteiger charge is -2.55. The quantitative estimate of drug-likeness (QED) is 0.554. The van der Waals surface area contributed by atoms with Crippen LogP contribution in [0.25, 0.3) is 0 Å². The van der Waals surface area contributed by atoms with E-state index < -0.39 is 11.6 Å². The summed E-state index contributed by atoms with van der Waals surface area (Å²) in [6.07, 6.45) is -1.00. The Hall–Kier alpha value is -4.14. The summed E-state index contributed by atoms with van der Waals surface area (Å²) < 4.78 is 16.6. The van der Waals surface area contributed by atoms with Crippen LogP contribution in [0.2, 0.25) is 0 Å². The second kappa shape index (κ2) is 7.77. The largest absolute Gasteiger partial charge is 0.481 e. The fourth-order valence-electron chi connectivity index (χ4n) is 4.56. The first-order valence-corrected chi connectivity index (χ1v) is 10.4. The van der Waals surface area contributed by atoms with E-state index in [1.54, 1.807) is 16.8 Å². The molecule has 3 heterocycles. The number of hydrogen-bond acceptors (Lipinski definition) is 7. The number of ether oxygens (including phenoxy) is 3. The van der Waals surface area contributed by atoms with Crippen molar-refractivity contribution >= 4 is 17.5 Å². The highest BCUT2D eigenvalue weighted by atomic mass is 16.5. The van der Waals surface area contributed by atoms with Crippen molar-refractivity contribution in [3.63, 3.8) is 0 Å². The SMILES string of the molecule is COc1cc(OC)nc(O[C@@H]2C(=O)N3CC(=O)N(C)c4ccccc4[C@]23c2ccccc2)n1. The normalized spacial score (nSPS) is 21.5. The van der Waals surface area contributed by atoms with E-state index in [2.05, 4.69) is 9.97 Å². The molecule has 0 unspecified atom stereocenters. The molecule has 2 aliphatic rings. The number of amides is 2. The Bertz CT molecular complexity index is 1210. The van der Waals surface area contributed by atoms with Crippen LogP contribution in [0.1, 0.15) is 11.1 Å². The van der Waals surface area contributed by atoms with Gasteiger partial charge in [-0.15, -0.1) is 0 Å². The number of fused-ring (bicyclic) bond motifs is 3. The average Bonchev–Trinajstić information content (AvgIpc) is 2.95. The van der Waals surface area contributed by atoms with Gasteiger partial charge in [-0.3, -0.25) is 9.59 Å². The van der Waals surface area contributed by atoms with Gasteiger partial charge >= 0.3 is 6.01 Å². The number of anilines is 1. The molecule has 5 rings (SSSR count). The van der Waals surface area contributed by atoms with Crippen LogP contribution in [0, 0.1) is 0 Å². The Morgan fingerprint density at radius 3 is 2.24 bits per heavy atom. The van der Waals surface area contributed by atoms with Gasteiger partial charge in [0.05, 0.1) is 20.3 Å². The van der Waals surface area contributed by atoms with E-state index >= 15 is 0 Å². The maximum atomic E-state index is 13.4. The van der Waals surface area contributed by atoms with E-state index in [9.17, 15) is 9.59 Å². The fourth-order valence-corrected chi connectivity index (χ4v) is 4.56. The molecule has 2 atom stereocenters. The predicted molar refractivity (Wildman–Crippen MR) is 118 cm³/mol. The number of methoxy groups -OCH3 is 2. The molecule has 0 radical (unpaired) electrons. The van der Waals surface area contributed by atoms with Crippen molar-refractivity contribution in [1.29, 1.82) is 0 Å². The molecule has 2 aliphatic heterocycles. The second-order valence-corrected chi connectivity index (χ2v) is 7.76. The smallest absolute Gasteiger partial charge is 0.323 e. The second-order valence-electron chi connectivity index (χ2n) is 7.76. The van der Waals surface area contributed by atoms with Crippen LogP contribution >= 0.6 is 0 Å². The zero-order valence-corrected chi connectivity index (χ0v) is 18.4. The van der Waals surface area contributed by atoms with Crippen LogP contribution in [0.5, 0.6) is 17.8 Å². The summed E-state index contributed by atoms with van der Waals surface area (Å²) in [5.41, 5.74) is 1.26. The molecule has 0 spiro atoms. The van der Waals surface area contributed by atoms with Gasteiger partial charge < -0.3 is 24.0 Å². The summed E-state index contributed by atoms with van der Waals surface area (Å²) in [4.78, 5) is 38.0. The van der Waals surface area contributed by atoms with Crippen molar-refractivity contribution in [3.8, 4) is 17.8 Å². The van der Waals surface area contributed by atoms with Gasteiger partial charge in [-0.05, 0) is 11.6 Å². The predicted octanol–water partition coefficient (Wildman–Crippen LogP) is 2.00. The molecule has 2 amide bonds. The Morgan fingerprint density at radius 1 is 0.939 bits per heavy atom. The molecule has 0 N–H and O–H groups in total. The van der Waals surface area contributed by atoms with Gasteiger partial charge in [-0.1, -0.05) is 48.5 Å². The third-order valence-corrected chi connectivity index (χ3v) is 6.15. The van der Waals surface area contributed by atoms with Crippen LogP contribution in [0.4, 0.5) is 5.69 Å². The molecule has 168 valence electrons. The summed E-state index contributed by atoms with van der Waals surface area (Å²) in [7, 11) is 4.65. The molecule has 3 aromatic rings. The summed E-state index contributed by atoms with van der Waals surface area (Å²) in [6.45, 7) is -0.0823. The van der Waals surface area contributed by atoms with Gasteiger partial charge in [0.25, 0.3) is 5.91 Å². The fraction of sp³-hybridized carbons (Fsp3) is 0.250. The molecule has 9 nitrogen and oxygen atoms in total. The molecule has 0 bridgehead atoms. The maximum Gasteiger partial charge on any atom is 0.323 e. The number of β-lactam (4-membered cyclic amide) rings is 1. The number of rotatable bonds is 5. The Kier molecular flexibility index (Phi) is 4.88. The van der Waals surface area contributed by atoms with E-state index in [1.807, 2.05) is 54.6 Å². The summed E-state index contributed by atoms with van der Waals surface area (Å²) in [5, 5.41) is 0. The number of benzene rings is 2. The number of aromatic nitrogens is 2. The number of carbonyl (C=O) groups excluding carboxylic acids is 2. The molecule has 0 aliphatic carbocycles. The zero-order chi connectivity index (χ0) is 23.2. The van der Waals surface area contributed by atoms with Gasteiger partial charge in [-0.25, -0.2) is 0 Å². The van der Waals surface area contributed by atoms with Crippen LogP contribution in [-0.2, 0) is 15.1 Å². The summed E-state index contributed by atoms with van der Waals surface area (Å²) in [5.74, 6) is -0.0371. The third kappa shape index (κ3) is 3.00. The highest BCUT2D eigenvalue weighted by molar-refractivity contribution is 6.04. The Morgan fingerprint density at radius 2 is 1.58 bits per heavy atom. The molecule has 1 fully saturated rings. The molecule has 9 heteroatoms. The van der Waals surface area contributed by atoms with E-state index in [-0.39, 0.29) is 36.1 Å². The van der Waals surface area contributed by atoms with Crippen molar-refractivity contribution in [2.75, 3.05) is 32.7 Å². The molecule has 1 aromatic heterocycles. The Balaban J connectivity index is 1.71. The lowest BCUT2D eigenvalue weighted by Crippen LogP contribution is -2.74. The first-order chi connectivity index (χ1) is 16.0. The molecule has 2 aromatic carbocycles. The molecule has 0 saturated carbocycles. The topological polar surface area (TPSA) is 94.1 Å². The third-order valence-electron chi connectivity index (χ3n) is 6.15. The van der Waals surface area contributed by atoms with Gasteiger partial charge in [0, 0.05) is 18.3 Å². The van der Waals surface area contributed by atoms with E-state index in [4.69, 9.17) is 14.2 Å². The van der Waals surface area contributed by atoms with Gasteiger partial charge in [0.15, 0.2) is 0 Å². The standard InChI is InChI=1S/C24H22N4O5/c1-27-17-12-8-7-11-16(17)24(15-9-5-4-6-10-15)21(22(30)28(24)14-20(27)29)33-23-25-18(31-2)13-19(26-23)32-3/h4-13,21H,14H2,1-3H3/t21-,24-/m1/s1. The van der Waals surface area contributed by atoms with Gasteiger partial charge in [0.1, 0.15) is 12.1 Å². The van der Waals surface area contributed by atoms with Crippen LogP contribution in [-0.4, -0.2) is 60.6 Å². The van der Waals surface area contributed by atoms with E-state index in [1.165, 1.54) is 20.3 Å². The number of para-hydroxylation sites is 1. The minimum absolute atomic E-state index is 0.0547. The first-order valence-electron chi connectivity index (χ1n) is 10.4. The molecule has 33 heavy (non-hydrogen) atoms. The number of nitrogens with zero attached hydrogens (tertiary/aromatic N) is 4. The zero-order valence-electron chi connectivity index (χ0n) is 18.4. The van der Waals surface area contributed by atoms with Crippen molar-refractivity contribution < 1.29 is 23.8 Å². The number of likely N-dealkylation sites (N-methyl/N-ethyl adjacent to an activating group) is 1. The van der Waals surface area contributed by atoms with Crippen molar-refractivity contribution in [3.05, 3.63) is 71.8 Å². The van der Waals surface area contributed by atoms with Gasteiger partial charge in [-0.2, -0.15) is 9.97 Å². The highest BCUT2D eigenvalue weighted by Crippen LogP contribution is 2.52. The maximum absolute atomic E-state index is 13.4.